The molecule has 190 valence electrons. The highest BCUT2D eigenvalue weighted by molar-refractivity contribution is 5.95. The molecule has 2 aromatic rings. The monoisotopic (exact) mass is 487 g/mol. The number of aliphatic hydroxyl groups is 1. The summed E-state index contributed by atoms with van der Waals surface area (Å²) >= 11 is 0. The van der Waals surface area contributed by atoms with Crippen molar-refractivity contribution in [2.24, 2.45) is 10.8 Å². The molecule has 0 atom stereocenters. The van der Waals surface area contributed by atoms with E-state index in [-0.39, 0.29) is 37.9 Å². The van der Waals surface area contributed by atoms with E-state index in [9.17, 15) is 23.9 Å². The number of aliphatic hydroxyl groups excluding tert-OH is 1. The minimum absolute atomic E-state index is 0.0993. The van der Waals surface area contributed by atoms with E-state index in [1.165, 1.54) is 29.2 Å². The average Bonchev–Trinajstić information content (AvgIpc) is 2.82. The van der Waals surface area contributed by atoms with E-state index in [1.54, 1.807) is 29.7 Å². The second-order valence-corrected chi connectivity index (χ2v) is 9.82. The molecule has 0 spiro atoms. The Hall–Kier alpha value is -3.30. The Bertz CT molecular complexity index is 1020. The summed E-state index contributed by atoms with van der Waals surface area (Å²) in [5.74, 6) is -1.54. The third-order valence-electron chi connectivity index (χ3n) is 6.59. The third-order valence-corrected chi connectivity index (χ3v) is 6.59. The topological polar surface area (TPSA) is 119 Å². The van der Waals surface area contributed by atoms with Crippen molar-refractivity contribution in [1.82, 2.24) is 15.7 Å². The molecular formula is C26H34FN3O5. The molecule has 2 rings (SSSR count). The molecule has 2 aromatic carbocycles. The molecule has 4 N–H and O–H groups in total. The van der Waals surface area contributed by atoms with Crippen molar-refractivity contribution in [2.45, 2.75) is 40.7 Å². The fourth-order valence-corrected chi connectivity index (χ4v) is 3.45. The van der Waals surface area contributed by atoms with Gasteiger partial charge in [-0.05, 0) is 52.8 Å². The molecule has 8 nitrogen and oxygen atoms in total. The van der Waals surface area contributed by atoms with Crippen LogP contribution in [0.25, 0.3) is 0 Å². The van der Waals surface area contributed by atoms with Crippen LogP contribution in [0, 0.1) is 16.6 Å². The van der Waals surface area contributed by atoms with Crippen LogP contribution in [0.15, 0.2) is 48.5 Å². The van der Waals surface area contributed by atoms with Crippen LogP contribution in [0.1, 0.15) is 60.4 Å². The maximum absolute atomic E-state index is 13.2. The van der Waals surface area contributed by atoms with Crippen molar-refractivity contribution in [3.63, 3.8) is 0 Å². The van der Waals surface area contributed by atoms with Gasteiger partial charge in [-0.15, -0.1) is 0 Å². The lowest BCUT2D eigenvalue weighted by atomic mass is 9.66. The van der Waals surface area contributed by atoms with Crippen molar-refractivity contribution in [1.29, 1.82) is 0 Å². The van der Waals surface area contributed by atoms with Crippen LogP contribution in [0.5, 0.6) is 0 Å². The van der Waals surface area contributed by atoms with Gasteiger partial charge in [0, 0.05) is 37.2 Å². The molecule has 0 saturated carbocycles. The quantitative estimate of drug-likeness (QED) is 0.287. The van der Waals surface area contributed by atoms with Crippen LogP contribution in [-0.4, -0.2) is 52.6 Å². The highest BCUT2D eigenvalue weighted by Crippen LogP contribution is 2.40. The van der Waals surface area contributed by atoms with Gasteiger partial charge in [0.1, 0.15) is 5.82 Å². The SMILES string of the molecule is CC(C)(CNC(=O)c1ccc(CN(CCO)C(=O)c2ccc(F)cc2)cc1)C(C)(C)CC(=O)NO. The Morgan fingerprint density at radius 2 is 1.49 bits per heavy atom. The zero-order valence-electron chi connectivity index (χ0n) is 20.6. The van der Waals surface area contributed by atoms with E-state index >= 15 is 0 Å². The summed E-state index contributed by atoms with van der Waals surface area (Å²) in [5, 5.41) is 21.1. The van der Waals surface area contributed by atoms with E-state index < -0.39 is 22.6 Å². The first-order chi connectivity index (χ1) is 16.4. The van der Waals surface area contributed by atoms with E-state index in [2.05, 4.69) is 5.32 Å². The van der Waals surface area contributed by atoms with Crippen LogP contribution in [0.2, 0.25) is 0 Å². The van der Waals surface area contributed by atoms with Crippen LogP contribution in [0.3, 0.4) is 0 Å². The molecule has 0 radical (unpaired) electrons. The highest BCUT2D eigenvalue weighted by atomic mass is 19.1. The summed E-state index contributed by atoms with van der Waals surface area (Å²) in [7, 11) is 0. The summed E-state index contributed by atoms with van der Waals surface area (Å²) < 4.78 is 13.2. The van der Waals surface area contributed by atoms with Gasteiger partial charge in [-0.1, -0.05) is 39.8 Å². The fourth-order valence-electron chi connectivity index (χ4n) is 3.45. The molecule has 0 saturated heterocycles. The van der Waals surface area contributed by atoms with Crippen molar-refractivity contribution in [3.05, 3.63) is 71.0 Å². The van der Waals surface area contributed by atoms with Crippen LogP contribution in [-0.2, 0) is 11.3 Å². The van der Waals surface area contributed by atoms with E-state index in [0.29, 0.717) is 17.7 Å². The lowest BCUT2D eigenvalue weighted by molar-refractivity contribution is -0.133. The molecule has 0 aliphatic rings. The summed E-state index contributed by atoms with van der Waals surface area (Å²) in [4.78, 5) is 38.5. The molecule has 3 amide bonds. The van der Waals surface area contributed by atoms with Gasteiger partial charge in [0.2, 0.25) is 5.91 Å². The van der Waals surface area contributed by atoms with Gasteiger partial charge in [0.25, 0.3) is 11.8 Å². The van der Waals surface area contributed by atoms with Crippen LogP contribution >= 0.6 is 0 Å². The number of halogens is 1. The molecular weight excluding hydrogens is 453 g/mol. The standard InChI is InChI=1S/C26H34FN3O5/c1-25(2,15-22(32)29-35)26(3,4)17-28-23(33)19-7-5-18(6-8-19)16-30(13-14-31)24(34)20-9-11-21(27)12-10-20/h5-12,31,35H,13-17H2,1-4H3,(H,28,33)(H,29,32). The number of rotatable bonds is 11. The van der Waals surface area contributed by atoms with Gasteiger partial charge < -0.3 is 15.3 Å². The summed E-state index contributed by atoms with van der Waals surface area (Å²) in [6.07, 6.45) is 0.0993. The molecule has 0 bridgehead atoms. The third kappa shape index (κ3) is 7.60. The number of nitrogens with one attached hydrogen (secondary N) is 2. The molecule has 0 heterocycles. The van der Waals surface area contributed by atoms with Gasteiger partial charge in [0.15, 0.2) is 0 Å². The Kier molecular flexibility index (Phi) is 9.50. The summed E-state index contributed by atoms with van der Waals surface area (Å²) in [6.45, 7) is 8.09. The van der Waals surface area contributed by atoms with E-state index in [1.807, 2.05) is 27.7 Å². The summed E-state index contributed by atoms with van der Waals surface area (Å²) in [6, 6.07) is 12.0. The smallest absolute Gasteiger partial charge is 0.254 e. The number of hydrogen-bond acceptors (Lipinski definition) is 5. The normalized spacial score (nSPS) is 11.6. The number of hydroxylamine groups is 1. The Balaban J connectivity index is 2.03. The maximum Gasteiger partial charge on any atom is 0.254 e. The number of nitrogens with zero attached hydrogens (tertiary/aromatic N) is 1. The van der Waals surface area contributed by atoms with Crippen LogP contribution < -0.4 is 10.8 Å². The summed E-state index contributed by atoms with van der Waals surface area (Å²) in [5.41, 5.74) is 2.23. The number of benzene rings is 2. The molecule has 0 aliphatic heterocycles. The Labute approximate surface area is 205 Å². The lowest BCUT2D eigenvalue weighted by Crippen LogP contribution is -2.45. The van der Waals surface area contributed by atoms with Crippen molar-refractivity contribution < 1.29 is 29.1 Å². The predicted octanol–water partition coefficient (Wildman–Crippen LogP) is 3.14. The second kappa shape index (κ2) is 11.9. The molecule has 0 unspecified atom stereocenters. The molecule has 0 fully saturated rings. The first-order valence-corrected chi connectivity index (χ1v) is 11.4. The number of carbonyl (C=O) groups excluding carboxylic acids is 3. The molecule has 35 heavy (non-hydrogen) atoms. The number of hydrogen-bond donors (Lipinski definition) is 4. The van der Waals surface area contributed by atoms with Gasteiger partial charge in [-0.2, -0.15) is 0 Å². The van der Waals surface area contributed by atoms with Gasteiger partial charge in [-0.25, -0.2) is 9.87 Å². The average molecular weight is 488 g/mol. The largest absolute Gasteiger partial charge is 0.395 e. The van der Waals surface area contributed by atoms with E-state index in [4.69, 9.17) is 5.21 Å². The van der Waals surface area contributed by atoms with Gasteiger partial charge in [0.05, 0.1) is 6.61 Å². The number of amides is 3. The molecule has 0 aliphatic carbocycles. The van der Waals surface area contributed by atoms with Gasteiger partial charge in [-0.3, -0.25) is 19.6 Å². The van der Waals surface area contributed by atoms with E-state index in [0.717, 1.165) is 5.56 Å². The van der Waals surface area contributed by atoms with Gasteiger partial charge >= 0.3 is 0 Å². The van der Waals surface area contributed by atoms with Crippen molar-refractivity contribution >= 4 is 17.7 Å². The second-order valence-electron chi connectivity index (χ2n) is 9.82. The zero-order valence-corrected chi connectivity index (χ0v) is 20.6. The zero-order chi connectivity index (χ0) is 26.2. The number of carbonyl (C=O) groups is 3. The minimum Gasteiger partial charge on any atom is -0.395 e. The predicted molar refractivity (Wildman–Crippen MR) is 129 cm³/mol. The van der Waals surface area contributed by atoms with Crippen LogP contribution in [0.4, 0.5) is 4.39 Å². The fraction of sp³-hybridized carbons (Fsp3) is 0.423. The first kappa shape index (κ1) is 27.9. The Morgan fingerprint density at radius 1 is 0.914 bits per heavy atom. The van der Waals surface area contributed by atoms with Crippen molar-refractivity contribution in [2.75, 3.05) is 19.7 Å². The first-order valence-electron chi connectivity index (χ1n) is 11.4. The van der Waals surface area contributed by atoms with Crippen molar-refractivity contribution in [3.8, 4) is 0 Å². The molecule has 0 aromatic heterocycles. The minimum atomic E-state index is -0.496. The maximum atomic E-state index is 13.2. The molecule has 9 heteroatoms. The lowest BCUT2D eigenvalue weighted by Gasteiger charge is -2.41. The Morgan fingerprint density at radius 3 is 2.03 bits per heavy atom. The highest BCUT2D eigenvalue weighted by Gasteiger charge is 2.38.